The maximum Gasteiger partial charge on any atom is 0.310 e. The quantitative estimate of drug-likeness (QED) is 0.897. The fourth-order valence-corrected chi connectivity index (χ4v) is 3.50. The van der Waals surface area contributed by atoms with Crippen LogP contribution in [0.4, 0.5) is 0 Å². The van der Waals surface area contributed by atoms with Crippen molar-refractivity contribution >= 4 is 5.97 Å². The van der Waals surface area contributed by atoms with E-state index in [1.54, 1.807) is 4.68 Å². The van der Waals surface area contributed by atoms with Crippen LogP contribution in [0.5, 0.6) is 0 Å². The predicted octanol–water partition coefficient (Wildman–Crippen LogP) is 2.13. The van der Waals surface area contributed by atoms with E-state index in [4.69, 9.17) is 0 Å². The number of hydrogen-bond acceptors (Lipinski definition) is 3. The fraction of sp³-hybridized carbons (Fsp3) is 0.733. The van der Waals surface area contributed by atoms with Crippen molar-refractivity contribution in [2.75, 3.05) is 13.6 Å². The molecule has 2 unspecified atom stereocenters. The lowest BCUT2D eigenvalue weighted by Gasteiger charge is -2.39. The summed E-state index contributed by atoms with van der Waals surface area (Å²) in [4.78, 5) is 13.9. The summed E-state index contributed by atoms with van der Waals surface area (Å²) in [6.07, 6.45) is 7.58. The zero-order valence-corrected chi connectivity index (χ0v) is 12.7. The van der Waals surface area contributed by atoms with Gasteiger partial charge in [-0.2, -0.15) is 5.10 Å². The zero-order valence-electron chi connectivity index (χ0n) is 12.7. The maximum atomic E-state index is 11.8. The molecule has 1 aliphatic carbocycles. The number of carboxylic acids is 1. The first kappa shape index (κ1) is 15.0. The van der Waals surface area contributed by atoms with Gasteiger partial charge in [-0.25, -0.2) is 0 Å². The normalized spacial score (nSPS) is 26.9. The first-order valence-electron chi connectivity index (χ1n) is 7.31. The van der Waals surface area contributed by atoms with Crippen molar-refractivity contribution in [2.24, 2.45) is 18.4 Å². The summed E-state index contributed by atoms with van der Waals surface area (Å²) in [5.41, 5.74) is 0.550. The minimum atomic E-state index is -0.637. The molecule has 5 nitrogen and oxygen atoms in total. The van der Waals surface area contributed by atoms with Crippen molar-refractivity contribution in [3.05, 3.63) is 18.0 Å². The van der Waals surface area contributed by atoms with Gasteiger partial charge in [0.05, 0.1) is 11.6 Å². The van der Waals surface area contributed by atoms with Crippen molar-refractivity contribution in [2.45, 2.75) is 39.2 Å². The molecule has 0 aliphatic heterocycles. The summed E-state index contributed by atoms with van der Waals surface area (Å²) >= 11 is 0. The van der Waals surface area contributed by atoms with Crippen LogP contribution in [-0.2, 0) is 18.4 Å². The van der Waals surface area contributed by atoms with Crippen LogP contribution in [0.1, 0.15) is 38.2 Å². The first-order valence-corrected chi connectivity index (χ1v) is 7.31. The van der Waals surface area contributed by atoms with Crippen LogP contribution in [0.3, 0.4) is 0 Å². The lowest BCUT2D eigenvalue weighted by molar-refractivity contribution is -0.153. The number of hydrogen-bond donors (Lipinski definition) is 1. The van der Waals surface area contributed by atoms with E-state index >= 15 is 0 Å². The number of aryl methyl sites for hydroxylation is 1. The highest BCUT2D eigenvalue weighted by molar-refractivity contribution is 5.75. The molecule has 0 radical (unpaired) electrons. The van der Waals surface area contributed by atoms with Crippen LogP contribution in [0.15, 0.2) is 12.4 Å². The smallest absolute Gasteiger partial charge is 0.310 e. The Kier molecular flexibility index (Phi) is 4.48. The predicted molar refractivity (Wildman–Crippen MR) is 77.2 cm³/mol. The van der Waals surface area contributed by atoms with E-state index in [0.717, 1.165) is 37.8 Å². The summed E-state index contributed by atoms with van der Waals surface area (Å²) in [7, 11) is 3.89. The minimum absolute atomic E-state index is 0.506. The van der Waals surface area contributed by atoms with E-state index in [-0.39, 0.29) is 0 Å². The van der Waals surface area contributed by atoms with E-state index in [9.17, 15) is 9.90 Å². The number of rotatable bonds is 5. The van der Waals surface area contributed by atoms with Gasteiger partial charge in [0.25, 0.3) is 0 Å². The molecule has 0 aromatic carbocycles. The van der Waals surface area contributed by atoms with E-state index in [1.807, 2.05) is 26.5 Å². The third-order valence-corrected chi connectivity index (χ3v) is 4.33. The fourth-order valence-electron chi connectivity index (χ4n) is 3.50. The molecule has 0 saturated heterocycles. The Labute approximate surface area is 120 Å². The molecule has 0 bridgehead atoms. The highest BCUT2D eigenvalue weighted by Crippen LogP contribution is 2.40. The average molecular weight is 279 g/mol. The van der Waals surface area contributed by atoms with Crippen molar-refractivity contribution in [3.8, 4) is 0 Å². The Hall–Kier alpha value is -1.36. The van der Waals surface area contributed by atoms with E-state index in [2.05, 4.69) is 16.9 Å². The summed E-state index contributed by atoms with van der Waals surface area (Å²) in [6, 6.07) is 0. The Morgan fingerprint density at radius 2 is 2.40 bits per heavy atom. The molecule has 2 atom stereocenters. The van der Waals surface area contributed by atoms with Gasteiger partial charge in [-0.05, 0) is 25.8 Å². The molecule has 2 rings (SSSR count). The maximum absolute atomic E-state index is 11.8. The molecule has 1 N–H and O–H groups in total. The van der Waals surface area contributed by atoms with Gasteiger partial charge in [-0.3, -0.25) is 9.48 Å². The largest absolute Gasteiger partial charge is 0.481 e. The number of aromatic nitrogens is 2. The SMILES string of the molecule is CC1CCCC(CN(C)Cc2cnn(C)c2)(C(=O)O)C1. The van der Waals surface area contributed by atoms with Crippen LogP contribution >= 0.6 is 0 Å². The molecule has 5 heteroatoms. The van der Waals surface area contributed by atoms with Crippen molar-refractivity contribution in [1.29, 1.82) is 0 Å². The molecule has 1 saturated carbocycles. The molecule has 1 heterocycles. The number of nitrogens with zero attached hydrogens (tertiary/aromatic N) is 3. The van der Waals surface area contributed by atoms with Crippen molar-refractivity contribution in [3.63, 3.8) is 0 Å². The Balaban J connectivity index is 2.02. The van der Waals surface area contributed by atoms with E-state index in [0.29, 0.717) is 12.5 Å². The van der Waals surface area contributed by atoms with Crippen LogP contribution in [0.2, 0.25) is 0 Å². The standard InChI is InChI=1S/C15H25N3O2/c1-12-5-4-6-15(7-12,14(19)20)11-17(2)9-13-8-16-18(3)10-13/h8,10,12H,4-7,9,11H2,1-3H3,(H,19,20). The third-order valence-electron chi connectivity index (χ3n) is 4.33. The first-order chi connectivity index (χ1) is 9.41. The molecular formula is C15H25N3O2. The van der Waals surface area contributed by atoms with Gasteiger partial charge in [-0.1, -0.05) is 19.8 Å². The number of carboxylic acid groups (broad SMARTS) is 1. The second-order valence-electron chi connectivity index (χ2n) is 6.48. The van der Waals surface area contributed by atoms with Crippen LogP contribution in [0.25, 0.3) is 0 Å². The Morgan fingerprint density at radius 3 is 2.95 bits per heavy atom. The van der Waals surface area contributed by atoms with E-state index < -0.39 is 11.4 Å². The lowest BCUT2D eigenvalue weighted by Crippen LogP contribution is -2.44. The summed E-state index contributed by atoms with van der Waals surface area (Å²) in [6.45, 7) is 3.52. The molecule has 112 valence electrons. The van der Waals surface area contributed by atoms with Crippen LogP contribution in [0, 0.1) is 11.3 Å². The van der Waals surface area contributed by atoms with Crippen LogP contribution in [-0.4, -0.2) is 39.3 Å². The molecule has 0 amide bonds. The Bertz CT molecular complexity index is 471. The monoisotopic (exact) mass is 279 g/mol. The van der Waals surface area contributed by atoms with E-state index in [1.165, 1.54) is 0 Å². The van der Waals surface area contributed by atoms with Gasteiger partial charge in [0.1, 0.15) is 0 Å². The Morgan fingerprint density at radius 1 is 1.65 bits per heavy atom. The number of aliphatic carboxylic acids is 1. The molecule has 0 spiro atoms. The molecule has 20 heavy (non-hydrogen) atoms. The summed E-state index contributed by atoms with van der Waals surface area (Å²) in [5.74, 6) is -0.131. The molecule has 1 aromatic rings. The summed E-state index contributed by atoms with van der Waals surface area (Å²) in [5, 5.41) is 13.8. The molecule has 1 aromatic heterocycles. The van der Waals surface area contributed by atoms with Crippen LogP contribution < -0.4 is 0 Å². The van der Waals surface area contributed by atoms with Gasteiger partial charge >= 0.3 is 5.97 Å². The molecular weight excluding hydrogens is 254 g/mol. The summed E-state index contributed by atoms with van der Waals surface area (Å²) < 4.78 is 1.78. The van der Waals surface area contributed by atoms with Gasteiger partial charge < -0.3 is 10.0 Å². The highest BCUT2D eigenvalue weighted by atomic mass is 16.4. The lowest BCUT2D eigenvalue weighted by atomic mass is 9.69. The van der Waals surface area contributed by atoms with Gasteiger partial charge in [-0.15, -0.1) is 0 Å². The minimum Gasteiger partial charge on any atom is -0.481 e. The van der Waals surface area contributed by atoms with Gasteiger partial charge in [0.15, 0.2) is 0 Å². The van der Waals surface area contributed by atoms with Gasteiger partial charge in [0.2, 0.25) is 0 Å². The zero-order chi connectivity index (χ0) is 14.8. The topological polar surface area (TPSA) is 58.4 Å². The average Bonchev–Trinajstić information content (AvgIpc) is 2.74. The van der Waals surface area contributed by atoms with Crippen molar-refractivity contribution < 1.29 is 9.90 Å². The molecule has 1 aliphatic rings. The second kappa shape index (κ2) is 5.95. The molecule has 1 fully saturated rings. The van der Waals surface area contributed by atoms with Crippen molar-refractivity contribution in [1.82, 2.24) is 14.7 Å². The van der Waals surface area contributed by atoms with Gasteiger partial charge in [0, 0.05) is 31.9 Å². The highest BCUT2D eigenvalue weighted by Gasteiger charge is 2.42. The number of carbonyl (C=O) groups is 1. The second-order valence-corrected chi connectivity index (χ2v) is 6.48. The third kappa shape index (κ3) is 3.39.